The van der Waals surface area contributed by atoms with Crippen LogP contribution < -0.4 is 4.74 Å². The van der Waals surface area contributed by atoms with Crippen LogP contribution in [-0.4, -0.2) is 17.7 Å². The van der Waals surface area contributed by atoms with Crippen LogP contribution in [0.25, 0.3) is 11.1 Å². The van der Waals surface area contributed by atoms with Gasteiger partial charge in [0.1, 0.15) is 5.75 Å². The molecule has 0 aliphatic rings. The first-order valence-corrected chi connectivity index (χ1v) is 12.6. The molecule has 0 radical (unpaired) electrons. The second-order valence-electron chi connectivity index (χ2n) is 8.80. The van der Waals surface area contributed by atoms with Crippen LogP contribution in [0.1, 0.15) is 95.5 Å². The number of hydrogen-bond donors (Lipinski definition) is 1. The molecular formula is C29H39NO3. The van der Waals surface area contributed by atoms with Gasteiger partial charge in [-0.15, -0.1) is 0 Å². The Balaban J connectivity index is 1.40. The van der Waals surface area contributed by atoms with Crippen molar-refractivity contribution in [2.24, 2.45) is 0 Å². The molecule has 0 amide bonds. The fourth-order valence-electron chi connectivity index (χ4n) is 3.99. The highest BCUT2D eigenvalue weighted by Crippen LogP contribution is 2.23. The Kier molecular flexibility index (Phi) is 13.5. The lowest BCUT2D eigenvalue weighted by molar-refractivity contribution is -0.137. The van der Waals surface area contributed by atoms with Crippen molar-refractivity contribution in [2.45, 2.75) is 89.9 Å². The number of carboxylic acids is 1. The van der Waals surface area contributed by atoms with E-state index in [9.17, 15) is 4.79 Å². The lowest BCUT2D eigenvalue weighted by Crippen LogP contribution is -1.97. The van der Waals surface area contributed by atoms with E-state index in [0.29, 0.717) is 12.0 Å². The number of carboxylic acid groups (broad SMARTS) is 1. The standard InChI is InChI=1S/C29H39NO3/c30-24-25-15-17-26(18-16-25)27-19-21-28(22-20-27)33-23-13-11-9-7-5-3-1-2-4-6-8-10-12-14-29(31)32/h15-22H,1-14,23H2,(H,31,32). The first-order valence-electron chi connectivity index (χ1n) is 12.6. The van der Waals surface area contributed by atoms with Gasteiger partial charge in [-0.3, -0.25) is 4.79 Å². The Morgan fingerprint density at radius 3 is 1.55 bits per heavy atom. The molecule has 0 spiro atoms. The minimum Gasteiger partial charge on any atom is -0.494 e. The third kappa shape index (κ3) is 12.1. The molecule has 2 aromatic rings. The predicted octanol–water partition coefficient (Wildman–Crippen LogP) is 8.15. The SMILES string of the molecule is N#Cc1ccc(-c2ccc(OCCCCCCCCCCCCCCCC(=O)O)cc2)cc1. The summed E-state index contributed by atoms with van der Waals surface area (Å²) in [6, 6.07) is 17.9. The Labute approximate surface area is 199 Å². The van der Waals surface area contributed by atoms with Crippen LogP contribution in [0.5, 0.6) is 5.75 Å². The number of rotatable bonds is 18. The van der Waals surface area contributed by atoms with Gasteiger partial charge in [-0.05, 0) is 48.2 Å². The third-order valence-corrected chi connectivity index (χ3v) is 6.01. The van der Waals surface area contributed by atoms with Crippen LogP contribution in [0.4, 0.5) is 0 Å². The zero-order chi connectivity index (χ0) is 23.6. The number of ether oxygens (including phenoxy) is 1. The van der Waals surface area contributed by atoms with E-state index in [0.717, 1.165) is 42.7 Å². The van der Waals surface area contributed by atoms with Gasteiger partial charge in [-0.2, -0.15) is 5.26 Å². The summed E-state index contributed by atoms with van der Waals surface area (Å²) in [4.78, 5) is 10.4. The maximum atomic E-state index is 10.4. The molecule has 4 heteroatoms. The normalized spacial score (nSPS) is 10.6. The van der Waals surface area contributed by atoms with E-state index in [1.165, 1.54) is 64.2 Å². The fraction of sp³-hybridized carbons (Fsp3) is 0.517. The van der Waals surface area contributed by atoms with Crippen LogP contribution in [0.2, 0.25) is 0 Å². The molecule has 0 aliphatic carbocycles. The van der Waals surface area contributed by atoms with Crippen LogP contribution >= 0.6 is 0 Å². The number of aliphatic carboxylic acids is 1. The lowest BCUT2D eigenvalue weighted by atomic mass is 10.0. The van der Waals surface area contributed by atoms with E-state index in [4.69, 9.17) is 15.1 Å². The number of carbonyl (C=O) groups is 1. The molecule has 0 bridgehead atoms. The lowest BCUT2D eigenvalue weighted by Gasteiger charge is -2.08. The fourth-order valence-corrected chi connectivity index (χ4v) is 3.99. The predicted molar refractivity (Wildman–Crippen MR) is 134 cm³/mol. The summed E-state index contributed by atoms with van der Waals surface area (Å²) in [5.74, 6) is 0.239. The molecule has 2 aromatic carbocycles. The number of benzene rings is 2. The minimum absolute atomic E-state index is 0.320. The Bertz CT molecular complexity index is 821. The zero-order valence-electron chi connectivity index (χ0n) is 19.9. The molecule has 1 N–H and O–H groups in total. The van der Waals surface area contributed by atoms with Gasteiger partial charge in [0.25, 0.3) is 0 Å². The van der Waals surface area contributed by atoms with Gasteiger partial charge in [0.05, 0.1) is 18.2 Å². The number of hydrogen-bond acceptors (Lipinski definition) is 3. The van der Waals surface area contributed by atoms with Crippen molar-refractivity contribution >= 4 is 5.97 Å². The quantitative estimate of drug-likeness (QED) is 0.233. The van der Waals surface area contributed by atoms with Crippen LogP contribution in [0.15, 0.2) is 48.5 Å². The van der Waals surface area contributed by atoms with E-state index in [-0.39, 0.29) is 0 Å². The van der Waals surface area contributed by atoms with Crippen molar-refractivity contribution in [3.8, 4) is 22.9 Å². The van der Waals surface area contributed by atoms with Crippen molar-refractivity contribution in [1.82, 2.24) is 0 Å². The molecule has 0 unspecified atom stereocenters. The van der Waals surface area contributed by atoms with E-state index in [1.54, 1.807) is 0 Å². The maximum absolute atomic E-state index is 10.4. The van der Waals surface area contributed by atoms with Gasteiger partial charge in [0.15, 0.2) is 0 Å². The summed E-state index contributed by atoms with van der Waals surface area (Å²) in [7, 11) is 0. The van der Waals surface area contributed by atoms with E-state index in [2.05, 4.69) is 18.2 Å². The Morgan fingerprint density at radius 1 is 0.667 bits per heavy atom. The van der Waals surface area contributed by atoms with Gasteiger partial charge in [-0.1, -0.05) is 94.9 Å². The van der Waals surface area contributed by atoms with Crippen molar-refractivity contribution in [1.29, 1.82) is 5.26 Å². The molecule has 0 heterocycles. The first-order chi connectivity index (χ1) is 16.2. The molecule has 33 heavy (non-hydrogen) atoms. The van der Waals surface area contributed by atoms with Crippen molar-refractivity contribution in [3.63, 3.8) is 0 Å². The molecule has 0 atom stereocenters. The summed E-state index contributed by atoms with van der Waals surface area (Å²) >= 11 is 0. The van der Waals surface area contributed by atoms with E-state index < -0.39 is 5.97 Å². The van der Waals surface area contributed by atoms with Gasteiger partial charge in [-0.25, -0.2) is 0 Å². The molecule has 0 fully saturated rings. The Morgan fingerprint density at radius 2 is 1.09 bits per heavy atom. The third-order valence-electron chi connectivity index (χ3n) is 6.01. The minimum atomic E-state index is -0.672. The average molecular weight is 450 g/mol. The maximum Gasteiger partial charge on any atom is 0.303 e. The average Bonchev–Trinajstić information content (AvgIpc) is 2.84. The second-order valence-corrected chi connectivity index (χ2v) is 8.80. The van der Waals surface area contributed by atoms with Gasteiger partial charge in [0.2, 0.25) is 0 Å². The summed E-state index contributed by atoms with van der Waals surface area (Å²) in [6.07, 6.45) is 16.1. The number of unbranched alkanes of at least 4 members (excludes halogenated alkanes) is 12. The number of nitriles is 1. The molecule has 0 saturated heterocycles. The highest BCUT2D eigenvalue weighted by atomic mass is 16.5. The largest absolute Gasteiger partial charge is 0.494 e. The van der Waals surface area contributed by atoms with Crippen molar-refractivity contribution < 1.29 is 14.6 Å². The molecule has 0 aromatic heterocycles. The Hall–Kier alpha value is -2.80. The summed E-state index contributed by atoms with van der Waals surface area (Å²) in [6.45, 7) is 0.767. The summed E-state index contributed by atoms with van der Waals surface area (Å²) < 4.78 is 5.88. The van der Waals surface area contributed by atoms with E-state index in [1.807, 2.05) is 36.4 Å². The molecule has 178 valence electrons. The van der Waals surface area contributed by atoms with Gasteiger partial charge < -0.3 is 9.84 Å². The molecule has 2 rings (SSSR count). The number of nitrogens with zero attached hydrogens (tertiary/aromatic N) is 1. The highest BCUT2D eigenvalue weighted by molar-refractivity contribution is 5.66. The van der Waals surface area contributed by atoms with E-state index >= 15 is 0 Å². The van der Waals surface area contributed by atoms with Gasteiger partial charge >= 0.3 is 5.97 Å². The van der Waals surface area contributed by atoms with Crippen molar-refractivity contribution in [2.75, 3.05) is 6.61 Å². The molecule has 0 saturated carbocycles. The van der Waals surface area contributed by atoms with Crippen LogP contribution in [0, 0.1) is 11.3 Å². The molecule has 4 nitrogen and oxygen atoms in total. The topological polar surface area (TPSA) is 70.3 Å². The molecular weight excluding hydrogens is 410 g/mol. The first kappa shape index (κ1) is 26.5. The van der Waals surface area contributed by atoms with Gasteiger partial charge in [0, 0.05) is 6.42 Å². The van der Waals surface area contributed by atoms with Crippen LogP contribution in [0.3, 0.4) is 0 Å². The second kappa shape index (κ2) is 16.8. The molecule has 0 aliphatic heterocycles. The zero-order valence-corrected chi connectivity index (χ0v) is 19.9. The smallest absolute Gasteiger partial charge is 0.303 e. The summed E-state index contributed by atoms with van der Waals surface area (Å²) in [5.41, 5.74) is 2.91. The van der Waals surface area contributed by atoms with Crippen molar-refractivity contribution in [3.05, 3.63) is 54.1 Å². The monoisotopic (exact) mass is 449 g/mol. The summed E-state index contributed by atoms with van der Waals surface area (Å²) in [5, 5.41) is 17.5. The highest BCUT2D eigenvalue weighted by Gasteiger charge is 2.00. The van der Waals surface area contributed by atoms with Crippen LogP contribution in [-0.2, 0) is 4.79 Å².